The van der Waals surface area contributed by atoms with Crippen molar-refractivity contribution >= 4 is 11.9 Å². The number of ether oxygens (including phenoxy) is 1. The van der Waals surface area contributed by atoms with Crippen LogP contribution in [-0.4, -0.2) is 48.7 Å². The topological polar surface area (TPSA) is 66.8 Å². The molecule has 0 aliphatic rings. The Labute approximate surface area is 77.3 Å². The molecule has 0 spiro atoms. The summed E-state index contributed by atoms with van der Waals surface area (Å²) < 4.78 is 4.81. The number of aliphatic carboxylic acids is 1. The van der Waals surface area contributed by atoms with Gasteiger partial charge in [0.2, 0.25) is 0 Å². The largest absolute Gasteiger partial charge is 0.481 e. The second-order valence-electron chi connectivity index (χ2n) is 3.09. The van der Waals surface area contributed by atoms with Crippen LogP contribution >= 0.6 is 0 Å². The summed E-state index contributed by atoms with van der Waals surface area (Å²) >= 11 is 0. The van der Waals surface area contributed by atoms with Crippen molar-refractivity contribution in [2.45, 2.75) is 19.4 Å². The van der Waals surface area contributed by atoms with Crippen LogP contribution in [0.3, 0.4) is 0 Å². The van der Waals surface area contributed by atoms with Gasteiger partial charge in [0.15, 0.2) is 0 Å². The smallest absolute Gasteiger partial charge is 0.307 e. The minimum atomic E-state index is -0.965. The quantitative estimate of drug-likeness (QED) is 0.614. The van der Waals surface area contributed by atoms with Gasteiger partial charge in [0, 0.05) is 13.5 Å². The Morgan fingerprint density at radius 1 is 1.46 bits per heavy atom. The van der Waals surface area contributed by atoms with Crippen molar-refractivity contribution in [3.8, 4) is 0 Å². The first-order chi connectivity index (χ1) is 5.91. The molecule has 0 aromatic heterocycles. The van der Waals surface area contributed by atoms with Crippen molar-refractivity contribution in [1.29, 1.82) is 0 Å². The number of carboxylic acids is 1. The number of hydrogen-bond acceptors (Lipinski definition) is 4. The van der Waals surface area contributed by atoms with Gasteiger partial charge < -0.3 is 14.7 Å². The monoisotopic (exact) mass is 189 g/mol. The van der Waals surface area contributed by atoms with E-state index in [0.29, 0.717) is 6.54 Å². The number of likely N-dealkylation sites (N-methyl/N-ethyl adjacent to an activating group) is 1. The molecule has 0 aromatic rings. The van der Waals surface area contributed by atoms with Crippen molar-refractivity contribution in [2.24, 2.45) is 0 Å². The standard InChI is InChI=1S/C8H15NO4/c1-6(10)13-7(4-8(11)12)5-9(2)3/h7H,4-5H2,1-3H3,(H,11,12)/t7-/m0/s1. The van der Waals surface area contributed by atoms with E-state index in [0.717, 1.165) is 0 Å². The van der Waals surface area contributed by atoms with Crippen LogP contribution in [0.2, 0.25) is 0 Å². The predicted molar refractivity (Wildman–Crippen MR) is 46.4 cm³/mol. The van der Waals surface area contributed by atoms with Crippen molar-refractivity contribution in [3.63, 3.8) is 0 Å². The fourth-order valence-electron chi connectivity index (χ4n) is 0.980. The second-order valence-corrected chi connectivity index (χ2v) is 3.09. The number of rotatable bonds is 5. The van der Waals surface area contributed by atoms with Gasteiger partial charge >= 0.3 is 11.9 Å². The van der Waals surface area contributed by atoms with Gasteiger partial charge in [0.1, 0.15) is 6.10 Å². The van der Waals surface area contributed by atoms with E-state index >= 15 is 0 Å². The molecule has 0 aliphatic carbocycles. The van der Waals surface area contributed by atoms with Crippen LogP contribution in [0, 0.1) is 0 Å². The summed E-state index contributed by atoms with van der Waals surface area (Å²) in [5.41, 5.74) is 0. The summed E-state index contributed by atoms with van der Waals surface area (Å²) in [5.74, 6) is -1.42. The van der Waals surface area contributed by atoms with E-state index in [1.807, 2.05) is 0 Å². The zero-order chi connectivity index (χ0) is 10.4. The number of carboxylic acid groups (broad SMARTS) is 1. The van der Waals surface area contributed by atoms with Crippen molar-refractivity contribution in [3.05, 3.63) is 0 Å². The normalized spacial score (nSPS) is 12.6. The van der Waals surface area contributed by atoms with E-state index in [4.69, 9.17) is 9.84 Å². The molecule has 5 nitrogen and oxygen atoms in total. The molecule has 0 amide bonds. The first-order valence-electron chi connectivity index (χ1n) is 3.95. The number of nitrogens with zero attached hydrogens (tertiary/aromatic N) is 1. The lowest BCUT2D eigenvalue weighted by Crippen LogP contribution is -2.31. The highest BCUT2D eigenvalue weighted by atomic mass is 16.5. The van der Waals surface area contributed by atoms with E-state index in [-0.39, 0.29) is 6.42 Å². The van der Waals surface area contributed by atoms with Gasteiger partial charge in [-0.2, -0.15) is 0 Å². The van der Waals surface area contributed by atoms with Crippen LogP contribution in [0.4, 0.5) is 0 Å². The Morgan fingerprint density at radius 2 is 2.00 bits per heavy atom. The summed E-state index contributed by atoms with van der Waals surface area (Å²) in [4.78, 5) is 22.7. The minimum Gasteiger partial charge on any atom is -0.481 e. The van der Waals surface area contributed by atoms with Crippen molar-refractivity contribution < 1.29 is 19.4 Å². The van der Waals surface area contributed by atoms with Crippen LogP contribution in [0.25, 0.3) is 0 Å². The number of carbonyl (C=O) groups is 2. The SMILES string of the molecule is CC(=O)O[C@@H](CC(=O)O)CN(C)C. The van der Waals surface area contributed by atoms with Crippen LogP contribution < -0.4 is 0 Å². The van der Waals surface area contributed by atoms with E-state index in [1.165, 1.54) is 6.92 Å². The Hall–Kier alpha value is -1.10. The molecular weight excluding hydrogens is 174 g/mol. The van der Waals surface area contributed by atoms with Gasteiger partial charge in [-0.3, -0.25) is 9.59 Å². The molecule has 0 rings (SSSR count). The number of carbonyl (C=O) groups excluding carboxylic acids is 1. The first kappa shape index (κ1) is 11.9. The molecule has 0 saturated carbocycles. The molecule has 0 unspecified atom stereocenters. The lowest BCUT2D eigenvalue weighted by Gasteiger charge is -2.18. The van der Waals surface area contributed by atoms with Gasteiger partial charge in [-0.1, -0.05) is 0 Å². The Balaban J connectivity index is 4.02. The molecule has 76 valence electrons. The lowest BCUT2D eigenvalue weighted by molar-refractivity contribution is -0.151. The lowest BCUT2D eigenvalue weighted by atomic mass is 10.2. The third-order valence-electron chi connectivity index (χ3n) is 1.30. The molecule has 0 saturated heterocycles. The van der Waals surface area contributed by atoms with Gasteiger partial charge in [-0.05, 0) is 14.1 Å². The van der Waals surface area contributed by atoms with Crippen LogP contribution in [-0.2, 0) is 14.3 Å². The van der Waals surface area contributed by atoms with Gasteiger partial charge in [-0.15, -0.1) is 0 Å². The molecule has 1 atom stereocenters. The predicted octanol–water partition coefficient (Wildman–Crippen LogP) is -0.0456. The zero-order valence-electron chi connectivity index (χ0n) is 8.11. The van der Waals surface area contributed by atoms with E-state index < -0.39 is 18.0 Å². The maximum Gasteiger partial charge on any atom is 0.307 e. The summed E-state index contributed by atoms with van der Waals surface area (Å²) in [6.45, 7) is 1.69. The van der Waals surface area contributed by atoms with E-state index in [9.17, 15) is 9.59 Å². The maximum atomic E-state index is 10.6. The average molecular weight is 189 g/mol. The van der Waals surface area contributed by atoms with Gasteiger partial charge in [0.05, 0.1) is 6.42 Å². The average Bonchev–Trinajstić information content (AvgIpc) is 1.80. The summed E-state index contributed by atoms with van der Waals surface area (Å²) in [6, 6.07) is 0. The van der Waals surface area contributed by atoms with Crippen LogP contribution in [0.5, 0.6) is 0 Å². The van der Waals surface area contributed by atoms with Crippen LogP contribution in [0.1, 0.15) is 13.3 Å². The van der Waals surface area contributed by atoms with E-state index in [1.54, 1.807) is 19.0 Å². The van der Waals surface area contributed by atoms with Crippen molar-refractivity contribution in [1.82, 2.24) is 4.90 Å². The van der Waals surface area contributed by atoms with Crippen LogP contribution in [0.15, 0.2) is 0 Å². The zero-order valence-corrected chi connectivity index (χ0v) is 8.11. The Bertz CT molecular complexity index is 175. The molecule has 0 aliphatic heterocycles. The molecule has 1 N–H and O–H groups in total. The molecule has 5 heteroatoms. The molecule has 0 bridgehead atoms. The molecule has 0 aromatic carbocycles. The number of hydrogen-bond donors (Lipinski definition) is 1. The highest BCUT2D eigenvalue weighted by Gasteiger charge is 2.16. The fraction of sp³-hybridized carbons (Fsp3) is 0.750. The van der Waals surface area contributed by atoms with Gasteiger partial charge in [0.25, 0.3) is 0 Å². The van der Waals surface area contributed by atoms with Gasteiger partial charge in [-0.25, -0.2) is 0 Å². The highest BCUT2D eigenvalue weighted by Crippen LogP contribution is 2.00. The first-order valence-corrected chi connectivity index (χ1v) is 3.95. The molecule has 13 heavy (non-hydrogen) atoms. The molecule has 0 heterocycles. The third-order valence-corrected chi connectivity index (χ3v) is 1.30. The summed E-state index contributed by atoms with van der Waals surface area (Å²) in [6.07, 6.45) is -0.720. The highest BCUT2D eigenvalue weighted by molar-refractivity contribution is 5.69. The summed E-state index contributed by atoms with van der Waals surface area (Å²) in [5, 5.41) is 8.50. The van der Waals surface area contributed by atoms with Crippen molar-refractivity contribution in [2.75, 3.05) is 20.6 Å². The third kappa shape index (κ3) is 7.27. The van der Waals surface area contributed by atoms with E-state index in [2.05, 4.69) is 0 Å². The molecule has 0 radical (unpaired) electrons. The maximum absolute atomic E-state index is 10.6. The second kappa shape index (κ2) is 5.53. The Kier molecular flexibility index (Phi) is 5.06. The molecular formula is C8H15NO4. The number of esters is 1. The summed E-state index contributed by atoms with van der Waals surface area (Å²) in [7, 11) is 3.58. The minimum absolute atomic E-state index is 0.155. The molecule has 0 fully saturated rings. The fourth-order valence-corrected chi connectivity index (χ4v) is 0.980. The Morgan fingerprint density at radius 3 is 2.31 bits per heavy atom.